The van der Waals surface area contributed by atoms with Gasteiger partial charge in [0.15, 0.2) is 6.61 Å². The number of hydrazone groups is 1. The topological polar surface area (TPSA) is 74.5 Å². The Bertz CT molecular complexity index is 558. The summed E-state index contributed by atoms with van der Waals surface area (Å²) in [6.45, 7) is 2.11. The van der Waals surface area contributed by atoms with Crippen molar-refractivity contribution in [1.82, 2.24) is 5.43 Å². The van der Waals surface area contributed by atoms with Gasteiger partial charge in [0.05, 0.1) is 11.6 Å². The molecular weight excluding hydrogens is 266 g/mol. The third-order valence-electron chi connectivity index (χ3n) is 3.44. The first kappa shape index (κ1) is 15.0. The Hall–Kier alpha value is -2.35. The molecule has 1 atom stereocenters. The van der Waals surface area contributed by atoms with E-state index in [1.807, 2.05) is 6.07 Å². The number of ether oxygens (including phenoxy) is 1. The van der Waals surface area contributed by atoms with Crippen molar-refractivity contribution < 1.29 is 9.53 Å². The molecule has 0 saturated heterocycles. The zero-order chi connectivity index (χ0) is 15.1. The summed E-state index contributed by atoms with van der Waals surface area (Å²) in [5.41, 5.74) is 4.15. The predicted octanol–water partition coefficient (Wildman–Crippen LogP) is 2.62. The number of benzene rings is 1. The minimum absolute atomic E-state index is 0.0851. The van der Waals surface area contributed by atoms with Crippen molar-refractivity contribution in [3.05, 3.63) is 29.8 Å². The van der Waals surface area contributed by atoms with Crippen LogP contribution >= 0.6 is 0 Å². The molecule has 21 heavy (non-hydrogen) atoms. The van der Waals surface area contributed by atoms with E-state index in [-0.39, 0.29) is 12.5 Å². The van der Waals surface area contributed by atoms with Crippen LogP contribution in [-0.4, -0.2) is 18.2 Å². The third kappa shape index (κ3) is 4.92. The maximum absolute atomic E-state index is 11.7. The lowest BCUT2D eigenvalue weighted by molar-refractivity contribution is -0.123. The fraction of sp³-hybridized carbons (Fsp3) is 0.438. The number of carbonyl (C=O) groups excluding carboxylic acids is 1. The molecule has 1 aromatic rings. The summed E-state index contributed by atoms with van der Waals surface area (Å²) in [5.74, 6) is 0.928. The SMILES string of the molecule is C[C@H]1CCC/C(=N/NC(=O)COc2ccc(C#N)cc2)C1. The summed E-state index contributed by atoms with van der Waals surface area (Å²) in [6, 6.07) is 8.66. The van der Waals surface area contributed by atoms with Gasteiger partial charge in [0, 0.05) is 5.71 Å². The minimum atomic E-state index is -0.273. The van der Waals surface area contributed by atoms with Gasteiger partial charge in [-0.3, -0.25) is 4.79 Å². The Morgan fingerprint density at radius 3 is 2.90 bits per heavy atom. The van der Waals surface area contributed by atoms with Gasteiger partial charge in [-0.1, -0.05) is 6.92 Å². The molecule has 1 aromatic carbocycles. The third-order valence-corrected chi connectivity index (χ3v) is 3.44. The molecule has 0 aromatic heterocycles. The van der Waals surface area contributed by atoms with Crippen LogP contribution in [-0.2, 0) is 4.79 Å². The summed E-state index contributed by atoms with van der Waals surface area (Å²) in [5, 5.41) is 12.9. The van der Waals surface area contributed by atoms with Crippen LogP contribution in [0.25, 0.3) is 0 Å². The normalized spacial score (nSPS) is 19.8. The molecule has 1 amide bonds. The zero-order valence-corrected chi connectivity index (χ0v) is 12.1. The maximum Gasteiger partial charge on any atom is 0.277 e. The van der Waals surface area contributed by atoms with Crippen LogP contribution in [0, 0.1) is 17.2 Å². The molecular formula is C16H19N3O2. The molecule has 0 bridgehead atoms. The van der Waals surface area contributed by atoms with Crippen LogP contribution in [0.15, 0.2) is 29.4 Å². The van der Waals surface area contributed by atoms with E-state index in [0.29, 0.717) is 17.2 Å². The Balaban J connectivity index is 1.76. The van der Waals surface area contributed by atoms with Gasteiger partial charge >= 0.3 is 0 Å². The molecule has 0 heterocycles. The summed E-state index contributed by atoms with van der Waals surface area (Å²) in [6.07, 6.45) is 4.28. The molecule has 2 rings (SSSR count). The van der Waals surface area contributed by atoms with Crippen molar-refractivity contribution in [2.24, 2.45) is 11.0 Å². The highest BCUT2D eigenvalue weighted by molar-refractivity contribution is 5.87. The Morgan fingerprint density at radius 1 is 1.48 bits per heavy atom. The molecule has 1 N–H and O–H groups in total. The van der Waals surface area contributed by atoms with E-state index in [0.717, 1.165) is 25.0 Å². The summed E-state index contributed by atoms with van der Waals surface area (Å²) in [4.78, 5) is 11.7. The molecule has 1 aliphatic carbocycles. The van der Waals surface area contributed by atoms with Crippen LogP contribution in [0.5, 0.6) is 5.75 Å². The van der Waals surface area contributed by atoms with E-state index >= 15 is 0 Å². The molecule has 5 nitrogen and oxygen atoms in total. The van der Waals surface area contributed by atoms with Gasteiger partial charge in [-0.25, -0.2) is 5.43 Å². The highest BCUT2D eigenvalue weighted by atomic mass is 16.5. The lowest BCUT2D eigenvalue weighted by Crippen LogP contribution is -2.27. The fourth-order valence-corrected chi connectivity index (χ4v) is 2.31. The molecule has 110 valence electrons. The number of rotatable bonds is 4. The number of hydrogen-bond acceptors (Lipinski definition) is 4. The number of amides is 1. The second kappa shape index (κ2) is 7.44. The van der Waals surface area contributed by atoms with E-state index < -0.39 is 0 Å². The Labute approximate surface area is 124 Å². The van der Waals surface area contributed by atoms with Gasteiger partial charge in [-0.05, 0) is 55.9 Å². The monoisotopic (exact) mass is 285 g/mol. The molecule has 0 aliphatic heterocycles. The van der Waals surface area contributed by atoms with E-state index in [2.05, 4.69) is 17.5 Å². The van der Waals surface area contributed by atoms with Crippen molar-refractivity contribution >= 4 is 11.6 Å². The van der Waals surface area contributed by atoms with Gasteiger partial charge in [0.25, 0.3) is 5.91 Å². The Morgan fingerprint density at radius 2 is 2.24 bits per heavy atom. The predicted molar refractivity (Wildman–Crippen MR) is 79.9 cm³/mol. The summed E-state index contributed by atoms with van der Waals surface area (Å²) >= 11 is 0. The number of nitriles is 1. The van der Waals surface area contributed by atoms with Gasteiger partial charge in [-0.15, -0.1) is 0 Å². The van der Waals surface area contributed by atoms with Crippen LogP contribution in [0.2, 0.25) is 0 Å². The second-order valence-corrected chi connectivity index (χ2v) is 5.34. The number of hydrogen-bond donors (Lipinski definition) is 1. The second-order valence-electron chi connectivity index (χ2n) is 5.34. The van der Waals surface area contributed by atoms with Crippen molar-refractivity contribution in [3.63, 3.8) is 0 Å². The zero-order valence-electron chi connectivity index (χ0n) is 12.1. The van der Waals surface area contributed by atoms with Crippen molar-refractivity contribution in [2.45, 2.75) is 32.6 Å². The van der Waals surface area contributed by atoms with E-state index in [1.54, 1.807) is 24.3 Å². The standard InChI is InChI=1S/C16H19N3O2/c1-12-3-2-4-14(9-12)18-19-16(20)11-21-15-7-5-13(10-17)6-8-15/h5-8,12H,2-4,9,11H2,1H3,(H,19,20)/b18-14-/t12-/m0/s1. The number of carbonyl (C=O) groups is 1. The van der Waals surface area contributed by atoms with E-state index in [4.69, 9.17) is 10.00 Å². The molecule has 1 aliphatic rings. The summed E-state index contributed by atoms with van der Waals surface area (Å²) < 4.78 is 5.34. The van der Waals surface area contributed by atoms with Crippen molar-refractivity contribution in [2.75, 3.05) is 6.61 Å². The lowest BCUT2D eigenvalue weighted by atomic mass is 9.89. The van der Waals surface area contributed by atoms with Crippen molar-refractivity contribution in [1.29, 1.82) is 5.26 Å². The highest BCUT2D eigenvalue weighted by Gasteiger charge is 2.14. The lowest BCUT2D eigenvalue weighted by Gasteiger charge is -2.18. The smallest absolute Gasteiger partial charge is 0.277 e. The van der Waals surface area contributed by atoms with Gasteiger partial charge < -0.3 is 4.74 Å². The first-order chi connectivity index (χ1) is 10.2. The molecule has 1 saturated carbocycles. The molecule has 0 unspecified atom stereocenters. The fourth-order valence-electron chi connectivity index (χ4n) is 2.31. The average Bonchev–Trinajstić information content (AvgIpc) is 2.51. The number of nitrogens with zero attached hydrogens (tertiary/aromatic N) is 2. The largest absolute Gasteiger partial charge is 0.484 e. The van der Waals surface area contributed by atoms with E-state index in [9.17, 15) is 4.79 Å². The van der Waals surface area contributed by atoms with Crippen LogP contribution in [0.1, 0.15) is 38.2 Å². The molecule has 0 spiro atoms. The average molecular weight is 285 g/mol. The summed E-state index contributed by atoms with van der Waals surface area (Å²) in [7, 11) is 0. The first-order valence-corrected chi connectivity index (χ1v) is 7.14. The van der Waals surface area contributed by atoms with Gasteiger partial charge in [0.1, 0.15) is 5.75 Å². The molecule has 5 heteroatoms. The van der Waals surface area contributed by atoms with Crippen LogP contribution < -0.4 is 10.2 Å². The first-order valence-electron chi connectivity index (χ1n) is 7.14. The molecule has 0 radical (unpaired) electrons. The minimum Gasteiger partial charge on any atom is -0.484 e. The van der Waals surface area contributed by atoms with Gasteiger partial charge in [-0.2, -0.15) is 10.4 Å². The van der Waals surface area contributed by atoms with Gasteiger partial charge in [0.2, 0.25) is 0 Å². The van der Waals surface area contributed by atoms with Crippen LogP contribution in [0.4, 0.5) is 0 Å². The Kier molecular flexibility index (Phi) is 5.33. The molecule has 1 fully saturated rings. The number of nitrogens with one attached hydrogen (secondary N) is 1. The van der Waals surface area contributed by atoms with Crippen molar-refractivity contribution in [3.8, 4) is 11.8 Å². The maximum atomic E-state index is 11.7. The van der Waals surface area contributed by atoms with Crippen LogP contribution in [0.3, 0.4) is 0 Å². The van der Waals surface area contributed by atoms with E-state index in [1.165, 1.54) is 6.42 Å². The highest BCUT2D eigenvalue weighted by Crippen LogP contribution is 2.20. The quantitative estimate of drug-likeness (QED) is 0.864.